The van der Waals surface area contributed by atoms with E-state index in [2.05, 4.69) is 16.8 Å². The molecule has 1 rings (SSSR count). The summed E-state index contributed by atoms with van der Waals surface area (Å²) in [5.74, 6) is 0. The average Bonchev–Trinajstić information content (AvgIpc) is 2.14. The first-order chi connectivity index (χ1) is 3.43. The van der Waals surface area contributed by atoms with Crippen LogP contribution in [0.1, 0.15) is 5.56 Å². The summed E-state index contributed by atoms with van der Waals surface area (Å²) in [5, 5.41) is 4.33. The molecule has 2 heteroatoms. The average molecular weight is 216 g/mol. The summed E-state index contributed by atoms with van der Waals surface area (Å²) in [6, 6.07) is 2.18. The van der Waals surface area contributed by atoms with E-state index in [4.69, 9.17) is 0 Å². The molecule has 3 radical (unpaired) electrons. The first-order valence-corrected chi connectivity index (χ1v) is 5.05. The van der Waals surface area contributed by atoms with Crippen LogP contribution in [-0.4, -0.2) is 22.5 Å². The van der Waals surface area contributed by atoms with Crippen molar-refractivity contribution in [1.82, 2.24) is 0 Å². The van der Waals surface area contributed by atoms with E-state index in [-0.39, 0.29) is 0 Å². The van der Waals surface area contributed by atoms with Crippen molar-refractivity contribution in [2.75, 3.05) is 0 Å². The normalized spacial score (nSPS) is 9.29. The second-order valence-corrected chi connectivity index (χ2v) is 3.10. The molecular formula is C5H5SSn. The summed E-state index contributed by atoms with van der Waals surface area (Å²) < 4.78 is 1.26. The Hall–Kier alpha value is 0.499. The molecule has 1 aromatic heterocycles. The quantitative estimate of drug-likeness (QED) is 0.622. The molecule has 0 unspecified atom stereocenters. The molecule has 1 heterocycles. The van der Waals surface area contributed by atoms with Gasteiger partial charge >= 0.3 is 60.7 Å². The Kier molecular flexibility index (Phi) is 2.19. The SMILES string of the molecule is [Sn][CH2]c1ccsc1. The minimum atomic E-state index is 1.26. The minimum absolute atomic E-state index is 1.26. The van der Waals surface area contributed by atoms with Crippen LogP contribution in [-0.2, 0) is 4.44 Å². The second-order valence-electron chi connectivity index (χ2n) is 1.31. The van der Waals surface area contributed by atoms with Gasteiger partial charge in [-0.3, -0.25) is 0 Å². The molecule has 35 valence electrons. The number of hydrogen-bond acceptors (Lipinski definition) is 1. The Balaban J connectivity index is 2.76. The third-order valence-electron chi connectivity index (χ3n) is 0.784. The van der Waals surface area contributed by atoms with Crippen LogP contribution in [0.25, 0.3) is 0 Å². The van der Waals surface area contributed by atoms with Gasteiger partial charge in [-0.25, -0.2) is 0 Å². The Morgan fingerprint density at radius 1 is 1.71 bits per heavy atom. The van der Waals surface area contributed by atoms with Crippen LogP contribution in [0, 0.1) is 0 Å². The van der Waals surface area contributed by atoms with Crippen LogP contribution in [0.4, 0.5) is 0 Å². The molecule has 0 nitrogen and oxygen atoms in total. The van der Waals surface area contributed by atoms with Crippen molar-refractivity contribution in [2.24, 2.45) is 0 Å². The first kappa shape index (κ1) is 5.63. The van der Waals surface area contributed by atoms with Gasteiger partial charge in [-0.1, -0.05) is 0 Å². The van der Waals surface area contributed by atoms with Gasteiger partial charge in [-0.05, 0) is 0 Å². The molecular weight excluding hydrogens is 211 g/mol. The number of thiophene rings is 1. The Morgan fingerprint density at radius 2 is 2.57 bits per heavy atom. The van der Waals surface area contributed by atoms with Gasteiger partial charge in [0.25, 0.3) is 0 Å². The maximum atomic E-state index is 2.20. The Labute approximate surface area is 60.6 Å². The van der Waals surface area contributed by atoms with Crippen molar-refractivity contribution in [3.63, 3.8) is 0 Å². The zero-order valence-corrected chi connectivity index (χ0v) is 7.52. The molecule has 0 aromatic carbocycles. The monoisotopic (exact) mass is 217 g/mol. The van der Waals surface area contributed by atoms with Gasteiger partial charge in [0.1, 0.15) is 0 Å². The van der Waals surface area contributed by atoms with Gasteiger partial charge in [-0.15, -0.1) is 0 Å². The van der Waals surface area contributed by atoms with Crippen LogP contribution >= 0.6 is 11.3 Å². The van der Waals surface area contributed by atoms with E-state index < -0.39 is 0 Å². The van der Waals surface area contributed by atoms with Crippen molar-refractivity contribution >= 4 is 33.9 Å². The van der Waals surface area contributed by atoms with E-state index in [0.717, 1.165) is 0 Å². The zero-order chi connectivity index (χ0) is 5.11. The van der Waals surface area contributed by atoms with Gasteiger partial charge in [-0.2, -0.15) is 0 Å². The van der Waals surface area contributed by atoms with Gasteiger partial charge in [0.2, 0.25) is 0 Å². The Bertz CT molecular complexity index is 123. The number of hydrogen-bond donors (Lipinski definition) is 0. The van der Waals surface area contributed by atoms with Crippen molar-refractivity contribution < 1.29 is 0 Å². The fraction of sp³-hybridized carbons (Fsp3) is 0.200. The van der Waals surface area contributed by atoms with Gasteiger partial charge < -0.3 is 0 Å². The molecule has 0 saturated carbocycles. The summed E-state index contributed by atoms with van der Waals surface area (Å²) in [5.41, 5.74) is 1.49. The van der Waals surface area contributed by atoms with Gasteiger partial charge in [0.15, 0.2) is 0 Å². The molecule has 0 amide bonds. The fourth-order valence-electron chi connectivity index (χ4n) is 0.393. The maximum absolute atomic E-state index is 2.20. The fourth-order valence-corrected chi connectivity index (χ4v) is 2.11. The third kappa shape index (κ3) is 1.46. The molecule has 0 fully saturated rings. The zero-order valence-electron chi connectivity index (χ0n) is 3.85. The molecule has 0 atom stereocenters. The van der Waals surface area contributed by atoms with E-state index >= 15 is 0 Å². The molecule has 0 bridgehead atoms. The summed E-state index contributed by atoms with van der Waals surface area (Å²) in [6.07, 6.45) is 0. The van der Waals surface area contributed by atoms with Crippen molar-refractivity contribution in [3.05, 3.63) is 22.4 Å². The van der Waals surface area contributed by atoms with Crippen molar-refractivity contribution in [3.8, 4) is 0 Å². The van der Waals surface area contributed by atoms with E-state index in [1.165, 1.54) is 10.0 Å². The predicted molar refractivity (Wildman–Crippen MR) is 33.8 cm³/mol. The molecule has 1 aromatic rings. The summed E-state index contributed by atoms with van der Waals surface area (Å²) in [6.45, 7) is 0. The summed E-state index contributed by atoms with van der Waals surface area (Å²) in [7, 11) is 0. The van der Waals surface area contributed by atoms with Crippen LogP contribution in [0.5, 0.6) is 0 Å². The van der Waals surface area contributed by atoms with Crippen LogP contribution in [0.2, 0.25) is 0 Å². The molecule has 0 spiro atoms. The molecule has 0 aliphatic heterocycles. The third-order valence-corrected chi connectivity index (χ3v) is 2.68. The summed E-state index contributed by atoms with van der Waals surface area (Å²) in [4.78, 5) is 0. The molecule has 0 N–H and O–H groups in total. The second kappa shape index (κ2) is 2.72. The van der Waals surface area contributed by atoms with Crippen molar-refractivity contribution in [2.45, 2.75) is 4.44 Å². The van der Waals surface area contributed by atoms with Gasteiger partial charge in [0, 0.05) is 0 Å². The first-order valence-electron chi connectivity index (χ1n) is 2.09. The predicted octanol–water partition coefficient (Wildman–Crippen LogP) is 1.42. The topological polar surface area (TPSA) is 0 Å². The van der Waals surface area contributed by atoms with E-state index in [1.807, 2.05) is 0 Å². The number of rotatable bonds is 1. The van der Waals surface area contributed by atoms with Crippen LogP contribution in [0.15, 0.2) is 16.8 Å². The Morgan fingerprint density at radius 3 is 2.86 bits per heavy atom. The molecule has 0 saturated heterocycles. The molecule has 7 heavy (non-hydrogen) atoms. The van der Waals surface area contributed by atoms with E-state index in [1.54, 1.807) is 33.9 Å². The van der Waals surface area contributed by atoms with E-state index in [9.17, 15) is 0 Å². The van der Waals surface area contributed by atoms with Crippen LogP contribution < -0.4 is 0 Å². The standard InChI is InChI=1S/C5H5S.Sn/c1-5-2-3-6-4-5;/h2-4H,1H2;. The molecule has 0 aliphatic carbocycles. The van der Waals surface area contributed by atoms with Crippen LogP contribution in [0.3, 0.4) is 0 Å². The van der Waals surface area contributed by atoms with Gasteiger partial charge in [0.05, 0.1) is 0 Å². The van der Waals surface area contributed by atoms with E-state index in [0.29, 0.717) is 0 Å². The molecule has 0 aliphatic rings. The van der Waals surface area contributed by atoms with Crippen molar-refractivity contribution in [1.29, 1.82) is 0 Å². The summed E-state index contributed by atoms with van der Waals surface area (Å²) >= 11 is 3.38.